The second-order valence-electron chi connectivity index (χ2n) is 3.84. The van der Waals surface area contributed by atoms with E-state index in [0.717, 1.165) is 6.42 Å². The molecule has 0 atom stereocenters. The molecule has 1 aromatic heterocycles. The summed E-state index contributed by atoms with van der Waals surface area (Å²) >= 11 is 0. The number of hydrogen-bond donors (Lipinski definition) is 0. The lowest BCUT2D eigenvalue weighted by atomic mass is 10.0. The number of fused-ring (bicyclic) bond motifs is 3. The number of hydrogen-bond acceptors (Lipinski definition) is 1. The summed E-state index contributed by atoms with van der Waals surface area (Å²) in [5.41, 5.74) is 6.62. The Hall–Kier alpha value is -1.63. The second-order valence-corrected chi connectivity index (χ2v) is 3.84. The maximum absolute atomic E-state index is 4.40. The molecule has 0 saturated carbocycles. The van der Waals surface area contributed by atoms with E-state index in [-0.39, 0.29) is 0 Å². The van der Waals surface area contributed by atoms with Gasteiger partial charge < -0.3 is 0 Å². The Bertz CT molecular complexity index is 500. The summed E-state index contributed by atoms with van der Waals surface area (Å²) in [5.74, 6) is 0. The van der Waals surface area contributed by atoms with Gasteiger partial charge in [-0.25, -0.2) is 0 Å². The van der Waals surface area contributed by atoms with Gasteiger partial charge in [-0.2, -0.15) is 0 Å². The van der Waals surface area contributed by atoms with Crippen LogP contribution in [0.25, 0.3) is 11.1 Å². The van der Waals surface area contributed by atoms with Crippen LogP contribution in [0.1, 0.15) is 16.8 Å². The summed E-state index contributed by atoms with van der Waals surface area (Å²) in [5, 5.41) is 0. The SMILES string of the molecule is Cc1ccc2c(c1)-c1cccnc1C2. The van der Waals surface area contributed by atoms with Crippen LogP contribution in [-0.2, 0) is 6.42 Å². The number of benzene rings is 1. The molecule has 1 aliphatic rings. The molecule has 14 heavy (non-hydrogen) atoms. The zero-order valence-corrected chi connectivity index (χ0v) is 8.12. The molecule has 1 heteroatoms. The van der Waals surface area contributed by atoms with Gasteiger partial charge in [0.05, 0.1) is 5.69 Å². The molecule has 0 aliphatic heterocycles. The van der Waals surface area contributed by atoms with Crippen molar-refractivity contribution in [3.8, 4) is 11.1 Å². The van der Waals surface area contributed by atoms with Crippen LogP contribution in [0.4, 0.5) is 0 Å². The van der Waals surface area contributed by atoms with E-state index >= 15 is 0 Å². The number of aryl methyl sites for hydroxylation is 1. The molecule has 1 aliphatic carbocycles. The number of rotatable bonds is 0. The molecule has 0 bridgehead atoms. The van der Waals surface area contributed by atoms with E-state index in [0.29, 0.717) is 0 Å². The second kappa shape index (κ2) is 2.68. The Labute approximate surface area is 83.4 Å². The van der Waals surface area contributed by atoms with E-state index in [9.17, 15) is 0 Å². The molecule has 1 aromatic carbocycles. The molecule has 68 valence electrons. The summed E-state index contributed by atoms with van der Waals surface area (Å²) in [7, 11) is 0. The minimum absolute atomic E-state index is 0.992. The van der Waals surface area contributed by atoms with Gasteiger partial charge >= 0.3 is 0 Å². The van der Waals surface area contributed by atoms with E-state index in [4.69, 9.17) is 0 Å². The molecule has 1 heterocycles. The van der Waals surface area contributed by atoms with E-state index in [1.807, 2.05) is 12.3 Å². The Morgan fingerprint density at radius 3 is 3.00 bits per heavy atom. The molecule has 1 nitrogen and oxygen atoms in total. The third-order valence-electron chi connectivity index (χ3n) is 2.80. The van der Waals surface area contributed by atoms with Gasteiger partial charge in [-0.05, 0) is 24.1 Å². The highest BCUT2D eigenvalue weighted by Crippen LogP contribution is 2.35. The van der Waals surface area contributed by atoms with Gasteiger partial charge in [-0.3, -0.25) is 4.98 Å². The van der Waals surface area contributed by atoms with Crippen molar-refractivity contribution in [3.63, 3.8) is 0 Å². The van der Waals surface area contributed by atoms with Crippen molar-refractivity contribution < 1.29 is 0 Å². The highest BCUT2D eigenvalue weighted by atomic mass is 14.7. The average molecular weight is 181 g/mol. The first kappa shape index (κ1) is 7.74. The zero-order chi connectivity index (χ0) is 9.54. The first-order chi connectivity index (χ1) is 6.84. The molecule has 0 radical (unpaired) electrons. The van der Waals surface area contributed by atoms with Crippen LogP contribution in [0.5, 0.6) is 0 Å². The van der Waals surface area contributed by atoms with Crippen LogP contribution in [0.15, 0.2) is 36.5 Å². The van der Waals surface area contributed by atoms with E-state index in [2.05, 4.69) is 36.2 Å². The topological polar surface area (TPSA) is 12.9 Å². The largest absolute Gasteiger partial charge is 0.260 e. The lowest BCUT2D eigenvalue weighted by molar-refractivity contribution is 1.12. The summed E-state index contributed by atoms with van der Waals surface area (Å²) in [6, 6.07) is 10.8. The molecule has 0 unspecified atom stereocenters. The molecule has 3 rings (SSSR count). The van der Waals surface area contributed by atoms with Crippen LogP contribution in [0, 0.1) is 6.92 Å². The molecule has 2 aromatic rings. The van der Waals surface area contributed by atoms with Gasteiger partial charge in [0.1, 0.15) is 0 Å². The fourth-order valence-corrected chi connectivity index (χ4v) is 2.10. The quantitative estimate of drug-likeness (QED) is 0.519. The smallest absolute Gasteiger partial charge is 0.0525 e. The van der Waals surface area contributed by atoms with Gasteiger partial charge in [0.2, 0.25) is 0 Å². The van der Waals surface area contributed by atoms with Crippen LogP contribution in [0.3, 0.4) is 0 Å². The Morgan fingerprint density at radius 1 is 1.14 bits per heavy atom. The fraction of sp³-hybridized carbons (Fsp3) is 0.154. The predicted molar refractivity (Wildman–Crippen MR) is 57.2 cm³/mol. The first-order valence-electron chi connectivity index (χ1n) is 4.88. The molecular formula is C13H11N. The number of pyridine rings is 1. The molecule has 0 N–H and O–H groups in total. The third kappa shape index (κ3) is 0.987. The van der Waals surface area contributed by atoms with Crippen molar-refractivity contribution in [1.82, 2.24) is 4.98 Å². The molecule has 0 saturated heterocycles. The van der Waals surface area contributed by atoms with Crippen molar-refractivity contribution in [2.24, 2.45) is 0 Å². The van der Waals surface area contributed by atoms with E-state index < -0.39 is 0 Å². The average Bonchev–Trinajstić information content (AvgIpc) is 2.56. The van der Waals surface area contributed by atoms with E-state index in [1.165, 1.54) is 27.9 Å². The summed E-state index contributed by atoms with van der Waals surface area (Å²) in [4.78, 5) is 4.40. The lowest BCUT2D eigenvalue weighted by Crippen LogP contribution is -1.83. The van der Waals surface area contributed by atoms with Gasteiger partial charge in [0.25, 0.3) is 0 Å². The Balaban J connectivity index is 2.30. The van der Waals surface area contributed by atoms with E-state index in [1.54, 1.807) is 0 Å². The van der Waals surface area contributed by atoms with Crippen LogP contribution < -0.4 is 0 Å². The van der Waals surface area contributed by atoms with Crippen molar-refractivity contribution in [1.29, 1.82) is 0 Å². The highest BCUT2D eigenvalue weighted by molar-refractivity contribution is 5.75. The summed E-state index contributed by atoms with van der Waals surface area (Å²) in [6.07, 6.45) is 2.86. The Morgan fingerprint density at radius 2 is 2.07 bits per heavy atom. The molecule has 0 spiro atoms. The first-order valence-corrected chi connectivity index (χ1v) is 4.88. The van der Waals surface area contributed by atoms with Gasteiger partial charge in [0, 0.05) is 18.2 Å². The van der Waals surface area contributed by atoms with Crippen molar-refractivity contribution in [2.75, 3.05) is 0 Å². The zero-order valence-electron chi connectivity index (χ0n) is 8.12. The number of nitrogens with zero attached hydrogens (tertiary/aromatic N) is 1. The van der Waals surface area contributed by atoms with Crippen LogP contribution >= 0.6 is 0 Å². The summed E-state index contributed by atoms with van der Waals surface area (Å²) in [6.45, 7) is 2.13. The minimum Gasteiger partial charge on any atom is -0.260 e. The maximum atomic E-state index is 4.40. The van der Waals surface area contributed by atoms with Crippen molar-refractivity contribution in [2.45, 2.75) is 13.3 Å². The monoisotopic (exact) mass is 181 g/mol. The molecule has 0 fully saturated rings. The highest BCUT2D eigenvalue weighted by Gasteiger charge is 2.18. The molecule has 0 amide bonds. The van der Waals surface area contributed by atoms with Crippen LogP contribution in [-0.4, -0.2) is 4.98 Å². The third-order valence-corrected chi connectivity index (χ3v) is 2.80. The standard InChI is InChI=1S/C13H11N/c1-9-4-5-10-8-13-11(12(10)7-9)3-2-6-14-13/h2-7H,8H2,1H3. The van der Waals surface area contributed by atoms with Gasteiger partial charge in [0.15, 0.2) is 0 Å². The minimum atomic E-state index is 0.992. The van der Waals surface area contributed by atoms with Gasteiger partial charge in [-0.1, -0.05) is 29.8 Å². The fourth-order valence-electron chi connectivity index (χ4n) is 2.10. The van der Waals surface area contributed by atoms with Crippen LogP contribution in [0.2, 0.25) is 0 Å². The normalized spacial score (nSPS) is 12.4. The Kier molecular flexibility index (Phi) is 1.48. The van der Waals surface area contributed by atoms with Gasteiger partial charge in [-0.15, -0.1) is 0 Å². The predicted octanol–water partition coefficient (Wildman–Crippen LogP) is 2.96. The summed E-state index contributed by atoms with van der Waals surface area (Å²) < 4.78 is 0. The number of aromatic nitrogens is 1. The molecular weight excluding hydrogens is 170 g/mol. The maximum Gasteiger partial charge on any atom is 0.0525 e. The van der Waals surface area contributed by atoms with Crippen molar-refractivity contribution in [3.05, 3.63) is 53.3 Å². The lowest BCUT2D eigenvalue weighted by Gasteiger charge is -2.00. The van der Waals surface area contributed by atoms with Crippen molar-refractivity contribution >= 4 is 0 Å².